The third-order valence-corrected chi connectivity index (χ3v) is 6.05. The van der Waals surface area contributed by atoms with E-state index in [1.54, 1.807) is 19.3 Å². The molecule has 5 nitrogen and oxygen atoms in total. The molecule has 0 bridgehead atoms. The zero-order chi connectivity index (χ0) is 14.9. The molecule has 1 aliphatic rings. The van der Waals surface area contributed by atoms with Crippen molar-refractivity contribution in [3.63, 3.8) is 0 Å². The number of pyridine rings is 1. The van der Waals surface area contributed by atoms with Gasteiger partial charge in [-0.3, -0.25) is 0 Å². The lowest BCUT2D eigenvalue weighted by molar-refractivity contribution is 0.402. The van der Waals surface area contributed by atoms with E-state index in [-0.39, 0.29) is 10.9 Å². The van der Waals surface area contributed by atoms with Crippen LogP contribution in [0.3, 0.4) is 0 Å². The largest absolute Gasteiger partial charge is 0.372 e. The maximum atomic E-state index is 12.6. The molecule has 0 radical (unpaired) electrons. The molecule has 20 heavy (non-hydrogen) atoms. The lowest BCUT2D eigenvalue weighted by Crippen LogP contribution is -2.37. The highest BCUT2D eigenvalue weighted by Gasteiger charge is 2.33. The number of rotatable bonds is 4. The van der Waals surface area contributed by atoms with Crippen LogP contribution in [0.15, 0.2) is 21.6 Å². The van der Waals surface area contributed by atoms with E-state index >= 15 is 0 Å². The number of nitrogens with zero attached hydrogens (tertiary/aromatic N) is 1. The summed E-state index contributed by atoms with van der Waals surface area (Å²) in [5.41, 5.74) is 0. The molecule has 1 fully saturated rings. The van der Waals surface area contributed by atoms with Crippen LogP contribution in [0.25, 0.3) is 0 Å². The summed E-state index contributed by atoms with van der Waals surface area (Å²) in [5, 5.41) is 2.82. The summed E-state index contributed by atoms with van der Waals surface area (Å²) >= 11 is 3.27. The first-order valence-electron chi connectivity index (χ1n) is 6.70. The van der Waals surface area contributed by atoms with Crippen molar-refractivity contribution in [3.8, 4) is 0 Å². The molecule has 2 N–H and O–H groups in total. The van der Waals surface area contributed by atoms with Gasteiger partial charge in [-0.1, -0.05) is 13.8 Å². The molecule has 112 valence electrons. The molecule has 1 heterocycles. The lowest BCUT2D eigenvalue weighted by atomic mass is 9.98. The summed E-state index contributed by atoms with van der Waals surface area (Å²) in [7, 11) is -1.91. The molecule has 3 atom stereocenters. The van der Waals surface area contributed by atoms with Gasteiger partial charge in [0.1, 0.15) is 10.7 Å². The molecule has 7 heteroatoms. The number of hydrogen-bond donors (Lipinski definition) is 2. The van der Waals surface area contributed by atoms with Crippen LogP contribution in [-0.4, -0.2) is 26.5 Å². The quantitative estimate of drug-likeness (QED) is 0.864. The Labute approximate surface area is 128 Å². The molecule has 0 aliphatic heterocycles. The summed E-state index contributed by atoms with van der Waals surface area (Å²) < 4.78 is 28.6. The zero-order valence-electron chi connectivity index (χ0n) is 11.9. The molecule has 2 rings (SSSR count). The van der Waals surface area contributed by atoms with Gasteiger partial charge in [0.2, 0.25) is 10.0 Å². The number of anilines is 1. The first-order chi connectivity index (χ1) is 9.35. The minimum absolute atomic E-state index is 0.00122. The minimum Gasteiger partial charge on any atom is -0.372 e. The van der Waals surface area contributed by atoms with Gasteiger partial charge < -0.3 is 5.32 Å². The second kappa shape index (κ2) is 5.99. The third kappa shape index (κ3) is 3.15. The first-order valence-corrected chi connectivity index (χ1v) is 8.98. The van der Waals surface area contributed by atoms with Crippen LogP contribution in [0.1, 0.15) is 26.7 Å². The van der Waals surface area contributed by atoms with Crippen molar-refractivity contribution in [2.24, 2.45) is 11.8 Å². The van der Waals surface area contributed by atoms with E-state index in [2.05, 4.69) is 44.8 Å². The molecule has 0 spiro atoms. The van der Waals surface area contributed by atoms with Gasteiger partial charge in [-0.2, -0.15) is 0 Å². The highest BCUT2D eigenvalue weighted by atomic mass is 79.9. The van der Waals surface area contributed by atoms with Crippen LogP contribution in [0.4, 0.5) is 5.82 Å². The van der Waals surface area contributed by atoms with Gasteiger partial charge in [-0.15, -0.1) is 0 Å². The van der Waals surface area contributed by atoms with E-state index in [4.69, 9.17) is 0 Å². The number of hydrogen-bond acceptors (Lipinski definition) is 4. The average molecular weight is 362 g/mol. The molecule has 0 saturated heterocycles. The van der Waals surface area contributed by atoms with Crippen molar-refractivity contribution in [3.05, 3.63) is 16.7 Å². The second-order valence-corrected chi connectivity index (χ2v) is 7.99. The first kappa shape index (κ1) is 15.7. The van der Waals surface area contributed by atoms with Gasteiger partial charge >= 0.3 is 0 Å². The predicted octanol–water partition coefficient (Wildman–Crippen LogP) is 2.60. The predicted molar refractivity (Wildman–Crippen MR) is 83.2 cm³/mol. The molecule has 3 unspecified atom stereocenters. The third-order valence-electron chi connectivity index (χ3n) is 4.12. The summed E-state index contributed by atoms with van der Waals surface area (Å²) in [6, 6.07) is 1.57. The SMILES string of the molecule is CNc1ncc(Br)cc1S(=O)(=O)NC1CCC(C)C1C. The van der Waals surface area contributed by atoms with E-state index in [9.17, 15) is 8.42 Å². The number of aromatic nitrogens is 1. The van der Waals surface area contributed by atoms with Crippen molar-refractivity contribution in [1.29, 1.82) is 0 Å². The average Bonchev–Trinajstić information content (AvgIpc) is 2.70. The molecule has 0 amide bonds. The van der Waals surface area contributed by atoms with Gasteiger partial charge in [-0.25, -0.2) is 18.1 Å². The fourth-order valence-electron chi connectivity index (χ4n) is 2.61. The second-order valence-electron chi connectivity index (χ2n) is 5.39. The Hall–Kier alpha value is -0.660. The zero-order valence-corrected chi connectivity index (χ0v) is 14.3. The Morgan fingerprint density at radius 2 is 2.05 bits per heavy atom. The Morgan fingerprint density at radius 3 is 2.60 bits per heavy atom. The van der Waals surface area contributed by atoms with Gasteiger partial charge in [0.25, 0.3) is 0 Å². The van der Waals surface area contributed by atoms with Gasteiger partial charge in [-0.05, 0) is 46.7 Å². The van der Waals surface area contributed by atoms with Crippen LogP contribution < -0.4 is 10.0 Å². The molecule has 1 saturated carbocycles. The van der Waals surface area contributed by atoms with E-state index in [1.807, 2.05) is 0 Å². The summed E-state index contributed by atoms with van der Waals surface area (Å²) in [5.74, 6) is 1.26. The van der Waals surface area contributed by atoms with Crippen LogP contribution in [0.2, 0.25) is 0 Å². The Balaban J connectivity index is 2.29. The number of sulfonamides is 1. The van der Waals surface area contributed by atoms with E-state index < -0.39 is 10.0 Å². The Bertz CT molecular complexity index is 591. The standard InChI is InChI=1S/C13H20BrN3O2S/c1-8-4-5-11(9(8)2)17-20(18,19)12-6-10(14)7-16-13(12)15-3/h6-9,11,17H,4-5H2,1-3H3,(H,15,16). The van der Waals surface area contributed by atoms with Gasteiger partial charge in [0.05, 0.1) is 0 Å². The van der Waals surface area contributed by atoms with Crippen molar-refractivity contribution in [2.75, 3.05) is 12.4 Å². The fraction of sp³-hybridized carbons (Fsp3) is 0.615. The molecule has 1 aliphatic carbocycles. The normalized spacial score (nSPS) is 26.7. The molecule has 0 aromatic carbocycles. The molecule has 1 aromatic heterocycles. The van der Waals surface area contributed by atoms with Crippen molar-refractivity contribution >= 4 is 31.8 Å². The van der Waals surface area contributed by atoms with Crippen molar-refractivity contribution in [2.45, 2.75) is 37.6 Å². The Morgan fingerprint density at radius 1 is 1.35 bits per heavy atom. The maximum Gasteiger partial charge on any atom is 0.244 e. The Kier molecular flexibility index (Phi) is 4.71. The van der Waals surface area contributed by atoms with Crippen LogP contribution in [-0.2, 0) is 10.0 Å². The topological polar surface area (TPSA) is 71.1 Å². The number of halogens is 1. The van der Waals surface area contributed by atoms with Crippen LogP contribution >= 0.6 is 15.9 Å². The van der Waals surface area contributed by atoms with E-state index in [0.29, 0.717) is 22.1 Å². The van der Waals surface area contributed by atoms with Crippen LogP contribution in [0, 0.1) is 11.8 Å². The monoisotopic (exact) mass is 361 g/mol. The van der Waals surface area contributed by atoms with Gasteiger partial charge in [0.15, 0.2) is 0 Å². The fourth-order valence-corrected chi connectivity index (χ4v) is 4.64. The molecule has 1 aromatic rings. The van der Waals surface area contributed by atoms with Gasteiger partial charge in [0, 0.05) is 23.8 Å². The lowest BCUT2D eigenvalue weighted by Gasteiger charge is -2.20. The highest BCUT2D eigenvalue weighted by molar-refractivity contribution is 9.10. The van der Waals surface area contributed by atoms with E-state index in [1.165, 1.54) is 0 Å². The van der Waals surface area contributed by atoms with Crippen LogP contribution in [0.5, 0.6) is 0 Å². The highest BCUT2D eigenvalue weighted by Crippen LogP contribution is 2.32. The summed E-state index contributed by atoms with van der Waals surface area (Å²) in [4.78, 5) is 4.28. The minimum atomic E-state index is -3.57. The summed E-state index contributed by atoms with van der Waals surface area (Å²) in [6.45, 7) is 4.27. The summed E-state index contributed by atoms with van der Waals surface area (Å²) in [6.07, 6.45) is 3.52. The smallest absolute Gasteiger partial charge is 0.244 e. The van der Waals surface area contributed by atoms with Crippen molar-refractivity contribution in [1.82, 2.24) is 9.71 Å². The number of nitrogens with one attached hydrogen (secondary N) is 2. The van der Waals surface area contributed by atoms with Crippen molar-refractivity contribution < 1.29 is 8.42 Å². The molecular formula is C13H20BrN3O2S. The molecular weight excluding hydrogens is 342 g/mol. The maximum absolute atomic E-state index is 12.6. The van der Waals surface area contributed by atoms with E-state index in [0.717, 1.165) is 12.8 Å².